The number of carbonyl (C=O) groups is 2. The van der Waals surface area contributed by atoms with E-state index < -0.39 is 11.8 Å². The highest BCUT2D eigenvalue weighted by Gasteiger charge is 2.15. The van der Waals surface area contributed by atoms with Gasteiger partial charge in [0, 0.05) is 11.9 Å². The molecule has 5 nitrogen and oxygen atoms in total. The smallest absolute Gasteiger partial charge is 0.317 e. The molecule has 1 aliphatic carbocycles. The molecule has 2 amide bonds. The van der Waals surface area contributed by atoms with Crippen molar-refractivity contribution in [1.82, 2.24) is 5.43 Å². The van der Waals surface area contributed by atoms with E-state index >= 15 is 0 Å². The minimum Gasteiger partial charge on any atom is -0.317 e. The quantitative estimate of drug-likeness (QED) is 0.512. The van der Waals surface area contributed by atoms with E-state index in [9.17, 15) is 9.59 Å². The van der Waals surface area contributed by atoms with Crippen molar-refractivity contribution in [1.29, 1.82) is 0 Å². The average molecular weight is 301 g/mol. The van der Waals surface area contributed by atoms with Gasteiger partial charge >= 0.3 is 11.8 Å². The Bertz CT molecular complexity index is 575. The molecule has 0 spiro atoms. The van der Waals surface area contributed by atoms with E-state index in [4.69, 9.17) is 0 Å². The number of hydrazone groups is 1. The summed E-state index contributed by atoms with van der Waals surface area (Å²) in [5.41, 5.74) is 4.97. The van der Waals surface area contributed by atoms with Crippen LogP contribution < -0.4 is 10.7 Å². The van der Waals surface area contributed by atoms with Gasteiger partial charge in [0.1, 0.15) is 0 Å². The molecule has 0 unspecified atom stereocenters. The Labute approximate surface area is 131 Å². The highest BCUT2D eigenvalue weighted by atomic mass is 16.2. The normalized spacial score (nSPS) is 15.7. The number of hydrogen-bond acceptors (Lipinski definition) is 3. The third kappa shape index (κ3) is 4.69. The second kappa shape index (κ2) is 7.73. The minimum absolute atomic E-state index is 0.413. The van der Waals surface area contributed by atoms with Crippen molar-refractivity contribution in [2.24, 2.45) is 11.0 Å². The molecule has 5 heteroatoms. The molecule has 0 saturated heterocycles. The van der Waals surface area contributed by atoms with Crippen LogP contribution in [0.4, 0.5) is 5.69 Å². The van der Waals surface area contributed by atoms with Gasteiger partial charge in [-0.2, -0.15) is 5.10 Å². The van der Waals surface area contributed by atoms with Crippen molar-refractivity contribution < 1.29 is 9.59 Å². The summed E-state index contributed by atoms with van der Waals surface area (Å²) in [5, 5.41) is 6.51. The van der Waals surface area contributed by atoms with E-state index in [1.54, 1.807) is 12.3 Å². The molecule has 0 aromatic heterocycles. The summed E-state index contributed by atoms with van der Waals surface area (Å²) in [6.07, 6.45) is 7.65. The first-order chi connectivity index (χ1) is 10.6. The van der Waals surface area contributed by atoms with Gasteiger partial charge in [0.25, 0.3) is 0 Å². The highest BCUT2D eigenvalue weighted by molar-refractivity contribution is 6.39. The number of rotatable bonds is 3. The molecular formula is C17H23N3O2. The monoisotopic (exact) mass is 301 g/mol. The summed E-state index contributed by atoms with van der Waals surface area (Å²) < 4.78 is 0. The predicted molar refractivity (Wildman–Crippen MR) is 87.8 cm³/mol. The maximum absolute atomic E-state index is 11.8. The number of nitrogens with one attached hydrogen (secondary N) is 2. The third-order valence-corrected chi connectivity index (χ3v) is 3.94. The lowest BCUT2D eigenvalue weighted by atomic mass is 9.90. The summed E-state index contributed by atoms with van der Waals surface area (Å²) in [6.45, 7) is 3.87. The Morgan fingerprint density at radius 3 is 2.55 bits per heavy atom. The zero-order valence-corrected chi connectivity index (χ0v) is 13.2. The maximum Gasteiger partial charge on any atom is 0.329 e. The molecule has 2 N–H and O–H groups in total. The second-order valence-corrected chi connectivity index (χ2v) is 5.89. The molecule has 1 aromatic rings. The van der Waals surface area contributed by atoms with Crippen molar-refractivity contribution in [3.63, 3.8) is 0 Å². The van der Waals surface area contributed by atoms with Crippen molar-refractivity contribution in [2.75, 3.05) is 5.32 Å². The van der Waals surface area contributed by atoms with E-state index in [2.05, 4.69) is 15.8 Å². The van der Waals surface area contributed by atoms with Crippen LogP contribution >= 0.6 is 0 Å². The number of amides is 2. The zero-order chi connectivity index (χ0) is 15.9. The summed E-state index contributed by atoms with van der Waals surface area (Å²) in [4.78, 5) is 23.6. The fourth-order valence-corrected chi connectivity index (χ4v) is 2.67. The Morgan fingerprint density at radius 2 is 1.86 bits per heavy atom. The first-order valence-corrected chi connectivity index (χ1v) is 7.78. The lowest BCUT2D eigenvalue weighted by molar-refractivity contribution is -0.136. The topological polar surface area (TPSA) is 70.6 Å². The third-order valence-electron chi connectivity index (χ3n) is 3.94. The Morgan fingerprint density at radius 1 is 1.14 bits per heavy atom. The summed E-state index contributed by atoms with van der Waals surface area (Å²) in [6, 6.07) is 5.64. The molecule has 0 atom stereocenters. The van der Waals surface area contributed by atoms with Crippen LogP contribution in [0.2, 0.25) is 0 Å². The maximum atomic E-state index is 11.8. The lowest BCUT2D eigenvalue weighted by Gasteiger charge is -2.16. The molecule has 1 fully saturated rings. The van der Waals surface area contributed by atoms with Crippen LogP contribution in [0.25, 0.3) is 0 Å². The number of anilines is 1. The van der Waals surface area contributed by atoms with Gasteiger partial charge in [0.2, 0.25) is 0 Å². The van der Waals surface area contributed by atoms with Gasteiger partial charge in [-0.15, -0.1) is 0 Å². The van der Waals surface area contributed by atoms with Crippen LogP contribution in [0, 0.1) is 19.8 Å². The summed E-state index contributed by atoms with van der Waals surface area (Å²) >= 11 is 0. The number of hydrogen-bond donors (Lipinski definition) is 2. The molecule has 0 aliphatic heterocycles. The van der Waals surface area contributed by atoms with E-state index in [1.807, 2.05) is 26.0 Å². The van der Waals surface area contributed by atoms with E-state index in [-0.39, 0.29) is 0 Å². The molecule has 1 aromatic carbocycles. The number of aryl methyl sites for hydroxylation is 2. The van der Waals surface area contributed by atoms with Gasteiger partial charge in [-0.25, -0.2) is 5.43 Å². The van der Waals surface area contributed by atoms with Gasteiger partial charge < -0.3 is 5.32 Å². The van der Waals surface area contributed by atoms with Crippen molar-refractivity contribution in [3.8, 4) is 0 Å². The van der Waals surface area contributed by atoms with Crippen LogP contribution in [0.5, 0.6) is 0 Å². The SMILES string of the molecule is Cc1ccc(NC(=O)C(=O)NN=CC2CCCCC2)c(C)c1. The minimum atomic E-state index is -0.743. The molecule has 0 heterocycles. The average Bonchev–Trinajstić information content (AvgIpc) is 2.51. The van der Waals surface area contributed by atoms with Gasteiger partial charge in [-0.3, -0.25) is 9.59 Å². The Balaban J connectivity index is 1.84. The Hall–Kier alpha value is -2.17. The molecule has 1 saturated carbocycles. The van der Waals surface area contributed by atoms with Gasteiger partial charge in [-0.1, -0.05) is 37.0 Å². The highest BCUT2D eigenvalue weighted by Crippen LogP contribution is 2.21. The molecular weight excluding hydrogens is 278 g/mol. The number of carbonyl (C=O) groups excluding carboxylic acids is 2. The molecule has 0 bridgehead atoms. The lowest BCUT2D eigenvalue weighted by Crippen LogP contribution is -2.32. The first kappa shape index (κ1) is 16.2. The molecule has 1 aliphatic rings. The van der Waals surface area contributed by atoms with Gasteiger partial charge in [-0.05, 0) is 44.2 Å². The zero-order valence-electron chi connectivity index (χ0n) is 13.2. The van der Waals surface area contributed by atoms with Crippen LogP contribution in [-0.4, -0.2) is 18.0 Å². The van der Waals surface area contributed by atoms with E-state index in [1.165, 1.54) is 19.3 Å². The molecule has 22 heavy (non-hydrogen) atoms. The molecule has 2 rings (SSSR count). The summed E-state index contributed by atoms with van der Waals surface area (Å²) in [5.74, 6) is -1.03. The molecule has 0 radical (unpaired) electrons. The largest absolute Gasteiger partial charge is 0.329 e. The van der Waals surface area contributed by atoms with Crippen molar-refractivity contribution in [3.05, 3.63) is 29.3 Å². The van der Waals surface area contributed by atoms with Crippen LogP contribution in [0.15, 0.2) is 23.3 Å². The van der Waals surface area contributed by atoms with Crippen LogP contribution in [0.3, 0.4) is 0 Å². The van der Waals surface area contributed by atoms with Gasteiger partial charge in [0.15, 0.2) is 0 Å². The number of benzene rings is 1. The van der Waals surface area contributed by atoms with E-state index in [0.717, 1.165) is 24.0 Å². The van der Waals surface area contributed by atoms with E-state index in [0.29, 0.717) is 11.6 Å². The van der Waals surface area contributed by atoms with Crippen LogP contribution in [0.1, 0.15) is 43.2 Å². The van der Waals surface area contributed by atoms with Gasteiger partial charge in [0.05, 0.1) is 0 Å². The van der Waals surface area contributed by atoms with Crippen molar-refractivity contribution in [2.45, 2.75) is 46.0 Å². The Kier molecular flexibility index (Phi) is 5.69. The summed E-state index contributed by atoms with van der Waals surface area (Å²) in [7, 11) is 0. The van der Waals surface area contributed by atoms with Crippen molar-refractivity contribution >= 4 is 23.7 Å². The molecule has 118 valence electrons. The second-order valence-electron chi connectivity index (χ2n) is 5.89. The standard InChI is InChI=1S/C17H23N3O2/c1-12-8-9-15(13(2)10-12)19-16(21)17(22)20-18-11-14-6-4-3-5-7-14/h8-11,14H,3-7H2,1-2H3,(H,19,21)(H,20,22). The predicted octanol–water partition coefficient (Wildman–Crippen LogP) is 2.92. The first-order valence-electron chi connectivity index (χ1n) is 7.78. The fourth-order valence-electron chi connectivity index (χ4n) is 2.67. The van der Waals surface area contributed by atoms with Crippen LogP contribution in [-0.2, 0) is 9.59 Å². The fraction of sp³-hybridized carbons (Fsp3) is 0.471. The number of nitrogens with zero attached hydrogens (tertiary/aromatic N) is 1.